The second kappa shape index (κ2) is 6.57. The van der Waals surface area contributed by atoms with Gasteiger partial charge in [0, 0.05) is 32.6 Å². The van der Waals surface area contributed by atoms with Gasteiger partial charge in [0.25, 0.3) is 0 Å². The van der Waals surface area contributed by atoms with E-state index in [4.69, 9.17) is 8.40 Å². The highest BCUT2D eigenvalue weighted by Gasteiger charge is 2.39. The summed E-state index contributed by atoms with van der Waals surface area (Å²) in [6.45, 7) is 17.8. The van der Waals surface area contributed by atoms with E-state index in [0.717, 1.165) is 0 Å². The monoisotopic (exact) mass is 356 g/mol. The predicted molar refractivity (Wildman–Crippen MR) is 82.4 cm³/mol. The minimum Gasteiger partial charge on any atom is -0.287 e. The maximum Gasteiger partial charge on any atom is 0.131 e. The van der Waals surface area contributed by atoms with Crippen molar-refractivity contribution >= 4 is 21.0 Å². The lowest BCUT2D eigenvalue weighted by Crippen LogP contribution is -2.55. The van der Waals surface area contributed by atoms with Crippen molar-refractivity contribution in [2.24, 2.45) is 11.3 Å². The van der Waals surface area contributed by atoms with E-state index >= 15 is 0 Å². The fraction of sp³-hybridized carbons (Fsp3) is 1.00. The van der Waals surface area contributed by atoms with E-state index in [1.807, 2.05) is 0 Å². The van der Waals surface area contributed by atoms with Gasteiger partial charge in [0.1, 0.15) is 4.61 Å². The van der Waals surface area contributed by atoms with E-state index in [0.29, 0.717) is 16.6 Å². The summed E-state index contributed by atoms with van der Waals surface area (Å²) in [5.74, 6) is 0.526. The lowest BCUT2D eigenvalue weighted by atomic mass is 9.78. The zero-order valence-electron chi connectivity index (χ0n) is 12.6. The average Bonchev–Trinajstić information content (AvgIpc) is 2.06. The van der Waals surface area contributed by atoms with Gasteiger partial charge in [-0.15, -0.1) is 0 Å². The Hall–Kier alpha value is 0.450. The highest BCUT2D eigenvalue weighted by molar-refractivity contribution is 14.1. The molecule has 0 bridgehead atoms. The molecule has 0 aliphatic carbocycles. The van der Waals surface area contributed by atoms with Crippen molar-refractivity contribution in [1.82, 2.24) is 5.06 Å². The Morgan fingerprint density at radius 3 is 1.82 bits per heavy atom. The molecule has 0 aromatic rings. The first kappa shape index (κ1) is 17.4. The van der Waals surface area contributed by atoms with E-state index in [2.05, 4.69) is 60.5 Å². The van der Waals surface area contributed by atoms with Crippen molar-refractivity contribution in [3.63, 3.8) is 0 Å². The summed E-state index contributed by atoms with van der Waals surface area (Å²) in [6.07, 6.45) is 0. The first-order valence-electron chi connectivity index (χ1n) is 6.19. The second-order valence-corrected chi connectivity index (χ2v) is 8.31. The Labute approximate surface area is 117 Å². The molecule has 3 nitrogen and oxygen atoms in total. The molecule has 1 unspecified atom stereocenters. The maximum atomic E-state index is 7.36. The summed E-state index contributed by atoms with van der Waals surface area (Å²) < 4.78 is 7.94. The van der Waals surface area contributed by atoms with Crippen molar-refractivity contribution in [2.45, 2.75) is 67.0 Å². The molecule has 0 radical (unpaired) electrons. The Morgan fingerprint density at radius 1 is 1.12 bits per heavy atom. The van der Waals surface area contributed by atoms with Gasteiger partial charge in [-0.1, -0.05) is 34.6 Å². The normalized spacial score (nSPS) is 15.6. The molecule has 1 N–H and O–H groups in total. The Kier molecular flexibility index (Phi) is 6.74. The van der Waals surface area contributed by atoms with Crippen molar-refractivity contribution in [2.75, 3.05) is 4.61 Å². The van der Waals surface area contributed by atoms with Crippen LogP contribution in [-0.2, 0) is 4.84 Å². The van der Waals surface area contributed by atoms with Crippen LogP contribution in [0.4, 0.5) is 0 Å². The van der Waals surface area contributed by atoms with Crippen molar-refractivity contribution in [3.05, 3.63) is 0 Å². The predicted octanol–water partition coefficient (Wildman–Crippen LogP) is 4.78. The molecule has 0 aliphatic rings. The van der Waals surface area contributed by atoms with Crippen LogP contribution in [0.2, 0.25) is 0 Å². The number of hydroxylamine groups is 2. The molecule has 0 aromatic heterocycles. The summed E-state index contributed by atoms with van der Waals surface area (Å²) in [4.78, 5) is 5.90. The Balaban J connectivity index is 5.15. The summed E-state index contributed by atoms with van der Waals surface area (Å²) >= 11 is -0.571. The van der Waals surface area contributed by atoms with E-state index < -0.39 is 21.0 Å². The van der Waals surface area contributed by atoms with E-state index in [1.54, 1.807) is 0 Å². The third kappa shape index (κ3) is 5.75. The lowest BCUT2D eigenvalue weighted by molar-refractivity contribution is -0.245. The molecule has 0 amide bonds. The fourth-order valence-electron chi connectivity index (χ4n) is 2.39. The molecule has 0 aromatic carbocycles. The van der Waals surface area contributed by atoms with Crippen LogP contribution < -0.4 is 0 Å². The highest BCUT2D eigenvalue weighted by atomic mass is 127. The molecular weight excluding hydrogens is 327 g/mol. The van der Waals surface area contributed by atoms with E-state index in [9.17, 15) is 0 Å². The molecule has 104 valence electrons. The summed E-state index contributed by atoms with van der Waals surface area (Å²) in [7, 11) is 0. The molecule has 0 heterocycles. The zero-order chi connectivity index (χ0) is 13.9. The van der Waals surface area contributed by atoms with Crippen molar-refractivity contribution < 1.29 is 4.84 Å². The lowest BCUT2D eigenvalue weighted by Gasteiger charge is -2.47. The highest BCUT2D eigenvalue weighted by Crippen LogP contribution is 2.34. The van der Waals surface area contributed by atoms with Crippen LogP contribution in [0.5, 0.6) is 0 Å². The Morgan fingerprint density at radius 2 is 1.59 bits per heavy atom. The van der Waals surface area contributed by atoms with Crippen LogP contribution in [0.1, 0.15) is 55.4 Å². The van der Waals surface area contributed by atoms with Crippen molar-refractivity contribution in [3.8, 4) is 0 Å². The molecular formula is C13H29IN2O. The number of nitrogens with zero attached hydrogens (tertiary/aromatic N) is 1. The van der Waals surface area contributed by atoms with Crippen molar-refractivity contribution in [1.29, 1.82) is 3.56 Å². The summed E-state index contributed by atoms with van der Waals surface area (Å²) in [6, 6.07) is 0.359. The molecule has 0 spiro atoms. The van der Waals surface area contributed by atoms with Crippen LogP contribution in [0.3, 0.4) is 0 Å². The molecule has 0 saturated heterocycles. The average molecular weight is 356 g/mol. The second-order valence-electron chi connectivity index (χ2n) is 6.92. The van der Waals surface area contributed by atoms with Crippen LogP contribution in [0.25, 0.3) is 0 Å². The van der Waals surface area contributed by atoms with Crippen LogP contribution >= 0.6 is 21.0 Å². The smallest absolute Gasteiger partial charge is 0.131 e. The first-order chi connectivity index (χ1) is 7.51. The van der Waals surface area contributed by atoms with Crippen LogP contribution in [0, 0.1) is 14.9 Å². The van der Waals surface area contributed by atoms with Gasteiger partial charge in [-0.2, -0.15) is 5.06 Å². The van der Waals surface area contributed by atoms with Gasteiger partial charge >= 0.3 is 0 Å². The van der Waals surface area contributed by atoms with Crippen LogP contribution in [-0.4, -0.2) is 21.3 Å². The molecule has 0 saturated carbocycles. The largest absolute Gasteiger partial charge is 0.287 e. The standard InChI is InChI=1S/C13H29IN2O/c1-10(2)11(12(3,4)5)16(13(6,7)8)17-9-14-15/h10-11,15H,9H2,1-8H3. The van der Waals surface area contributed by atoms with Gasteiger partial charge in [-0.05, 0) is 32.1 Å². The molecule has 4 heteroatoms. The summed E-state index contributed by atoms with van der Waals surface area (Å²) in [5, 5.41) is 2.13. The van der Waals surface area contributed by atoms with E-state index in [-0.39, 0.29) is 11.0 Å². The SMILES string of the molecule is CC(C)C(N(OCI=N)C(C)(C)C)C(C)(C)C. The molecule has 0 rings (SSSR count). The number of nitrogens with one attached hydrogen (secondary N) is 1. The quantitative estimate of drug-likeness (QED) is 0.437. The zero-order valence-corrected chi connectivity index (χ0v) is 14.8. The molecule has 0 fully saturated rings. The van der Waals surface area contributed by atoms with Crippen LogP contribution in [0.15, 0.2) is 0 Å². The topological polar surface area (TPSA) is 36.3 Å². The molecule has 0 aliphatic heterocycles. The molecule has 1 atom stereocenters. The minimum atomic E-state index is -0.571. The van der Waals surface area contributed by atoms with Gasteiger partial charge in [0.05, 0.1) is 0 Å². The maximum absolute atomic E-state index is 7.36. The van der Waals surface area contributed by atoms with E-state index in [1.165, 1.54) is 0 Å². The third-order valence-corrected chi connectivity index (χ3v) is 3.26. The number of alkyl halides is 1. The number of hydrogen-bond acceptors (Lipinski definition) is 3. The third-order valence-electron chi connectivity index (χ3n) is 2.68. The molecule has 17 heavy (non-hydrogen) atoms. The van der Waals surface area contributed by atoms with Gasteiger partial charge in [0.15, 0.2) is 0 Å². The summed E-state index contributed by atoms with van der Waals surface area (Å²) in [5.41, 5.74) is 0.142. The minimum absolute atomic E-state index is 0.0267. The van der Waals surface area contributed by atoms with Gasteiger partial charge in [0.2, 0.25) is 0 Å². The number of hydrogen-bond donors (Lipinski definition) is 1. The Bertz CT molecular complexity index is 241. The fourth-order valence-corrected chi connectivity index (χ4v) is 2.83. The van der Waals surface area contributed by atoms with Gasteiger partial charge in [-0.3, -0.25) is 8.40 Å². The first-order valence-corrected chi connectivity index (χ1v) is 8.79. The number of halogens is 1. The number of rotatable bonds is 5. The van der Waals surface area contributed by atoms with Gasteiger partial charge in [-0.25, -0.2) is 0 Å². The van der Waals surface area contributed by atoms with Gasteiger partial charge < -0.3 is 0 Å².